The third-order valence-electron chi connectivity index (χ3n) is 6.18. The Kier molecular flexibility index (Phi) is 5.62. The Labute approximate surface area is 172 Å². The molecule has 1 atom stereocenters. The number of aryl methyl sites for hydroxylation is 1. The first kappa shape index (κ1) is 19.6. The van der Waals surface area contributed by atoms with Gasteiger partial charge in [-0.3, -0.25) is 19.5 Å². The minimum Gasteiger partial charge on any atom is -0.340 e. The molecule has 0 radical (unpaired) electrons. The zero-order chi connectivity index (χ0) is 20.4. The number of pyridine rings is 1. The number of hydrogen-bond donors (Lipinski definition) is 0. The van der Waals surface area contributed by atoms with Gasteiger partial charge in [0.25, 0.3) is 0 Å². The number of carbonyl (C=O) groups excluding carboxylic acids is 2. The van der Waals surface area contributed by atoms with E-state index in [2.05, 4.69) is 9.88 Å². The molecular formula is C23H28N4O2. The van der Waals surface area contributed by atoms with Crippen LogP contribution in [0.15, 0.2) is 42.7 Å². The van der Waals surface area contributed by atoms with Crippen LogP contribution in [0, 0.1) is 19.8 Å². The monoisotopic (exact) mass is 392 g/mol. The molecule has 2 aliphatic heterocycles. The first-order valence-electron chi connectivity index (χ1n) is 10.3. The molecule has 6 heteroatoms. The van der Waals surface area contributed by atoms with E-state index in [0.29, 0.717) is 13.0 Å². The SMILES string of the molecule is Cc1cccc(N2C[C@@H](C(=O)N3CCN(Cc4ccncc4)CC3)CC2=O)c1C. The lowest BCUT2D eigenvalue weighted by Crippen LogP contribution is -2.50. The van der Waals surface area contributed by atoms with Gasteiger partial charge >= 0.3 is 0 Å². The number of nitrogens with zero attached hydrogens (tertiary/aromatic N) is 4. The molecule has 3 heterocycles. The summed E-state index contributed by atoms with van der Waals surface area (Å²) in [5.74, 6) is -0.0720. The first-order valence-corrected chi connectivity index (χ1v) is 10.3. The number of aromatic nitrogens is 1. The van der Waals surface area contributed by atoms with Crippen molar-refractivity contribution < 1.29 is 9.59 Å². The van der Waals surface area contributed by atoms with Crippen LogP contribution in [0.5, 0.6) is 0 Å². The van der Waals surface area contributed by atoms with Crippen molar-refractivity contribution in [1.82, 2.24) is 14.8 Å². The van der Waals surface area contributed by atoms with Crippen molar-refractivity contribution >= 4 is 17.5 Å². The van der Waals surface area contributed by atoms with Crippen LogP contribution >= 0.6 is 0 Å². The molecule has 0 unspecified atom stereocenters. The highest BCUT2D eigenvalue weighted by Crippen LogP contribution is 2.30. The summed E-state index contributed by atoms with van der Waals surface area (Å²) < 4.78 is 0. The molecule has 0 saturated carbocycles. The Hall–Kier alpha value is -2.73. The van der Waals surface area contributed by atoms with Crippen molar-refractivity contribution in [2.24, 2.45) is 5.92 Å². The second-order valence-electron chi connectivity index (χ2n) is 8.08. The van der Waals surface area contributed by atoms with Crippen LogP contribution in [0.3, 0.4) is 0 Å². The minimum atomic E-state index is -0.242. The zero-order valence-corrected chi connectivity index (χ0v) is 17.2. The molecule has 29 heavy (non-hydrogen) atoms. The van der Waals surface area contributed by atoms with Crippen LogP contribution in [-0.4, -0.2) is 59.3 Å². The van der Waals surface area contributed by atoms with Gasteiger partial charge in [-0.15, -0.1) is 0 Å². The highest BCUT2D eigenvalue weighted by molar-refractivity contribution is 6.01. The van der Waals surface area contributed by atoms with E-state index in [9.17, 15) is 9.59 Å². The van der Waals surface area contributed by atoms with Crippen LogP contribution in [0.2, 0.25) is 0 Å². The van der Waals surface area contributed by atoms with Crippen molar-refractivity contribution in [3.05, 3.63) is 59.4 Å². The molecule has 0 aliphatic carbocycles. The Morgan fingerprint density at radius 1 is 1.07 bits per heavy atom. The predicted octanol–water partition coefficient (Wildman–Crippen LogP) is 2.40. The van der Waals surface area contributed by atoms with E-state index in [1.54, 1.807) is 4.90 Å². The van der Waals surface area contributed by atoms with E-state index < -0.39 is 0 Å². The molecule has 4 rings (SSSR count). The molecular weight excluding hydrogens is 364 g/mol. The molecule has 2 aromatic rings. The second-order valence-corrected chi connectivity index (χ2v) is 8.08. The molecule has 6 nitrogen and oxygen atoms in total. The van der Waals surface area contributed by atoms with Gasteiger partial charge in [0.15, 0.2) is 0 Å². The summed E-state index contributed by atoms with van der Waals surface area (Å²) in [6, 6.07) is 10.1. The largest absolute Gasteiger partial charge is 0.340 e. The average Bonchev–Trinajstić information content (AvgIpc) is 3.12. The van der Waals surface area contributed by atoms with E-state index in [0.717, 1.165) is 49.5 Å². The summed E-state index contributed by atoms with van der Waals surface area (Å²) in [4.78, 5) is 35.8. The van der Waals surface area contributed by atoms with Gasteiger partial charge < -0.3 is 9.80 Å². The van der Waals surface area contributed by atoms with Gasteiger partial charge in [0.2, 0.25) is 11.8 Å². The second kappa shape index (κ2) is 8.33. The maximum absolute atomic E-state index is 13.1. The van der Waals surface area contributed by atoms with E-state index in [4.69, 9.17) is 0 Å². The Bertz CT molecular complexity index is 891. The number of benzene rings is 1. The van der Waals surface area contributed by atoms with Gasteiger partial charge in [0.05, 0.1) is 5.92 Å². The summed E-state index contributed by atoms with van der Waals surface area (Å²) in [5, 5.41) is 0. The number of amides is 2. The molecule has 2 fully saturated rings. The highest BCUT2D eigenvalue weighted by Gasteiger charge is 2.38. The third kappa shape index (κ3) is 4.17. The summed E-state index contributed by atoms with van der Waals surface area (Å²) in [6.45, 7) is 8.61. The summed E-state index contributed by atoms with van der Waals surface area (Å²) >= 11 is 0. The zero-order valence-electron chi connectivity index (χ0n) is 17.2. The molecule has 1 aromatic carbocycles. The maximum Gasteiger partial charge on any atom is 0.228 e. The fourth-order valence-electron chi connectivity index (χ4n) is 4.26. The third-order valence-corrected chi connectivity index (χ3v) is 6.18. The normalized spacial score (nSPS) is 20.3. The lowest BCUT2D eigenvalue weighted by Gasteiger charge is -2.36. The van der Waals surface area contributed by atoms with E-state index >= 15 is 0 Å². The number of hydrogen-bond acceptors (Lipinski definition) is 4. The number of anilines is 1. The predicted molar refractivity (Wildman–Crippen MR) is 112 cm³/mol. The summed E-state index contributed by atoms with van der Waals surface area (Å²) in [7, 11) is 0. The average molecular weight is 393 g/mol. The van der Waals surface area contributed by atoms with E-state index in [-0.39, 0.29) is 17.7 Å². The molecule has 2 saturated heterocycles. The van der Waals surface area contributed by atoms with Crippen LogP contribution in [0.25, 0.3) is 0 Å². The Balaban J connectivity index is 1.35. The lowest BCUT2D eigenvalue weighted by atomic mass is 10.1. The summed E-state index contributed by atoms with van der Waals surface area (Å²) in [6.07, 6.45) is 3.94. The lowest BCUT2D eigenvalue weighted by molar-refractivity contribution is -0.137. The van der Waals surface area contributed by atoms with Crippen molar-refractivity contribution in [3.8, 4) is 0 Å². The molecule has 0 bridgehead atoms. The Morgan fingerprint density at radius 2 is 1.79 bits per heavy atom. The van der Waals surface area contributed by atoms with Crippen molar-refractivity contribution in [2.75, 3.05) is 37.6 Å². The molecule has 152 valence electrons. The van der Waals surface area contributed by atoms with Crippen molar-refractivity contribution in [3.63, 3.8) is 0 Å². The fourth-order valence-corrected chi connectivity index (χ4v) is 4.26. The standard InChI is InChI=1S/C23H28N4O2/c1-17-4-3-5-21(18(17)2)27-16-20(14-22(27)28)23(29)26-12-10-25(11-13-26)15-19-6-8-24-9-7-19/h3-9,20H,10-16H2,1-2H3/t20-/m0/s1. The van der Waals surface area contributed by atoms with Crippen molar-refractivity contribution in [2.45, 2.75) is 26.8 Å². The van der Waals surface area contributed by atoms with Crippen LogP contribution in [-0.2, 0) is 16.1 Å². The van der Waals surface area contributed by atoms with E-state index in [1.807, 2.05) is 61.5 Å². The maximum atomic E-state index is 13.1. The van der Waals surface area contributed by atoms with Gasteiger partial charge in [0.1, 0.15) is 0 Å². The molecule has 2 amide bonds. The topological polar surface area (TPSA) is 56.8 Å². The van der Waals surface area contributed by atoms with Gasteiger partial charge in [0, 0.05) is 63.8 Å². The number of rotatable bonds is 4. The highest BCUT2D eigenvalue weighted by atomic mass is 16.2. The molecule has 0 spiro atoms. The van der Waals surface area contributed by atoms with E-state index in [1.165, 1.54) is 5.56 Å². The molecule has 1 aromatic heterocycles. The van der Waals surface area contributed by atoms with Crippen LogP contribution in [0.4, 0.5) is 5.69 Å². The molecule has 2 aliphatic rings. The first-order chi connectivity index (χ1) is 14.0. The summed E-state index contributed by atoms with van der Waals surface area (Å²) in [5.41, 5.74) is 4.45. The number of carbonyl (C=O) groups is 2. The van der Waals surface area contributed by atoms with Gasteiger partial charge in [-0.25, -0.2) is 0 Å². The van der Waals surface area contributed by atoms with Crippen molar-refractivity contribution in [1.29, 1.82) is 0 Å². The van der Waals surface area contributed by atoms with Gasteiger partial charge in [-0.2, -0.15) is 0 Å². The smallest absolute Gasteiger partial charge is 0.228 e. The van der Waals surface area contributed by atoms with Crippen LogP contribution < -0.4 is 4.90 Å². The van der Waals surface area contributed by atoms with Crippen LogP contribution in [0.1, 0.15) is 23.1 Å². The Morgan fingerprint density at radius 3 is 2.52 bits per heavy atom. The molecule has 0 N–H and O–H groups in total. The number of piperazine rings is 1. The quantitative estimate of drug-likeness (QED) is 0.802. The minimum absolute atomic E-state index is 0.0494. The van der Waals surface area contributed by atoms with Gasteiger partial charge in [-0.05, 0) is 48.7 Å². The fraction of sp³-hybridized carbons (Fsp3) is 0.435. The van der Waals surface area contributed by atoms with Gasteiger partial charge in [-0.1, -0.05) is 12.1 Å².